The summed E-state index contributed by atoms with van der Waals surface area (Å²) >= 11 is 3.47. The maximum absolute atomic E-state index is 4.04. The molecule has 0 amide bonds. The Bertz CT molecular complexity index is 289. The van der Waals surface area contributed by atoms with Gasteiger partial charge in [0.2, 0.25) is 0 Å². The van der Waals surface area contributed by atoms with Crippen LogP contribution < -0.4 is 5.32 Å². The van der Waals surface area contributed by atoms with Crippen LogP contribution in [-0.2, 0) is 0 Å². The molecule has 0 spiro atoms. The van der Waals surface area contributed by atoms with E-state index < -0.39 is 0 Å². The van der Waals surface area contributed by atoms with Crippen LogP contribution in [0.1, 0.15) is 45.4 Å². The molecule has 3 heteroatoms. The second-order valence-corrected chi connectivity index (χ2v) is 4.90. The third-order valence-electron chi connectivity index (χ3n) is 2.62. The lowest BCUT2D eigenvalue weighted by atomic mass is 10.1. The Morgan fingerprint density at radius 1 is 1.19 bits per heavy atom. The number of pyridine rings is 1. The minimum atomic E-state index is 1.04. The van der Waals surface area contributed by atoms with Crippen molar-refractivity contribution in [2.45, 2.75) is 45.4 Å². The van der Waals surface area contributed by atoms with Crippen molar-refractivity contribution in [3.05, 3.63) is 22.9 Å². The van der Waals surface area contributed by atoms with E-state index in [0.717, 1.165) is 16.7 Å². The minimum absolute atomic E-state index is 1.04. The molecule has 1 aromatic heterocycles. The number of hydrogen-bond donors (Lipinski definition) is 1. The normalized spacial score (nSPS) is 10.4. The lowest BCUT2D eigenvalue weighted by Gasteiger charge is -2.07. The molecule has 90 valence electrons. The molecule has 0 radical (unpaired) electrons. The fourth-order valence-corrected chi connectivity index (χ4v) is 2.04. The van der Waals surface area contributed by atoms with Gasteiger partial charge in [-0.2, -0.15) is 0 Å². The topological polar surface area (TPSA) is 24.9 Å². The average Bonchev–Trinajstić information content (AvgIpc) is 2.30. The standard InChI is InChI=1S/C13H21BrN2/c1-2-3-4-5-6-7-9-16-13-8-10-15-11-12(13)14/h8,10-11H,2-7,9H2,1H3,(H,15,16). The van der Waals surface area contributed by atoms with Crippen molar-refractivity contribution in [1.29, 1.82) is 0 Å². The summed E-state index contributed by atoms with van der Waals surface area (Å²) in [7, 11) is 0. The molecule has 16 heavy (non-hydrogen) atoms. The zero-order valence-corrected chi connectivity index (χ0v) is 11.6. The Hall–Kier alpha value is -0.570. The van der Waals surface area contributed by atoms with Gasteiger partial charge < -0.3 is 5.32 Å². The second kappa shape index (κ2) is 8.57. The van der Waals surface area contributed by atoms with Crippen molar-refractivity contribution < 1.29 is 0 Å². The highest BCUT2D eigenvalue weighted by molar-refractivity contribution is 9.10. The number of nitrogens with one attached hydrogen (secondary N) is 1. The lowest BCUT2D eigenvalue weighted by molar-refractivity contribution is 0.617. The van der Waals surface area contributed by atoms with Crippen LogP contribution in [0.15, 0.2) is 22.9 Å². The van der Waals surface area contributed by atoms with Crippen LogP contribution in [-0.4, -0.2) is 11.5 Å². The van der Waals surface area contributed by atoms with Crippen LogP contribution in [0.4, 0.5) is 5.69 Å². The van der Waals surface area contributed by atoms with Crippen LogP contribution >= 0.6 is 15.9 Å². The molecule has 1 heterocycles. The summed E-state index contributed by atoms with van der Waals surface area (Å²) in [6.45, 7) is 3.30. The molecule has 0 saturated heterocycles. The lowest BCUT2D eigenvalue weighted by Crippen LogP contribution is -2.02. The zero-order valence-electron chi connectivity index (χ0n) is 10.0. The number of hydrogen-bond acceptors (Lipinski definition) is 2. The van der Waals surface area contributed by atoms with Crippen molar-refractivity contribution in [3.8, 4) is 0 Å². The number of nitrogens with zero attached hydrogens (tertiary/aromatic N) is 1. The molecule has 0 saturated carbocycles. The van der Waals surface area contributed by atoms with Crippen LogP contribution in [0.25, 0.3) is 0 Å². The van der Waals surface area contributed by atoms with Crippen LogP contribution in [0.2, 0.25) is 0 Å². The number of unbranched alkanes of at least 4 members (excludes halogenated alkanes) is 5. The number of aromatic nitrogens is 1. The number of halogens is 1. The van der Waals surface area contributed by atoms with Crippen LogP contribution in [0.5, 0.6) is 0 Å². The summed E-state index contributed by atoms with van der Waals surface area (Å²) in [6, 6.07) is 2.00. The Kier molecular flexibility index (Phi) is 7.23. The Labute approximate surface area is 107 Å². The third kappa shape index (κ3) is 5.50. The first-order chi connectivity index (χ1) is 7.84. The summed E-state index contributed by atoms with van der Waals surface area (Å²) < 4.78 is 1.04. The Morgan fingerprint density at radius 3 is 2.69 bits per heavy atom. The number of rotatable bonds is 8. The van der Waals surface area contributed by atoms with Crippen molar-refractivity contribution in [2.75, 3.05) is 11.9 Å². The molecule has 0 aliphatic rings. The zero-order chi connectivity index (χ0) is 11.6. The van der Waals surface area contributed by atoms with E-state index in [1.165, 1.54) is 38.5 Å². The van der Waals surface area contributed by atoms with E-state index in [1.54, 1.807) is 0 Å². The van der Waals surface area contributed by atoms with Gasteiger partial charge >= 0.3 is 0 Å². The van der Waals surface area contributed by atoms with E-state index in [-0.39, 0.29) is 0 Å². The van der Waals surface area contributed by atoms with Gasteiger partial charge in [0.05, 0.1) is 10.2 Å². The first-order valence-electron chi connectivity index (χ1n) is 6.18. The average molecular weight is 285 g/mol. The molecule has 0 bridgehead atoms. The Balaban J connectivity index is 2.05. The van der Waals surface area contributed by atoms with Gasteiger partial charge in [-0.3, -0.25) is 4.98 Å². The van der Waals surface area contributed by atoms with Crippen molar-refractivity contribution >= 4 is 21.6 Å². The van der Waals surface area contributed by atoms with E-state index in [1.807, 2.05) is 18.5 Å². The van der Waals surface area contributed by atoms with Gasteiger partial charge in [0.25, 0.3) is 0 Å². The maximum Gasteiger partial charge on any atom is 0.0590 e. The molecule has 0 unspecified atom stereocenters. The smallest absolute Gasteiger partial charge is 0.0590 e. The monoisotopic (exact) mass is 284 g/mol. The molecule has 1 rings (SSSR count). The molecule has 1 aromatic rings. The quantitative estimate of drug-likeness (QED) is 0.705. The molecular formula is C13H21BrN2. The molecule has 0 aromatic carbocycles. The SMILES string of the molecule is CCCCCCCCNc1ccncc1Br. The predicted molar refractivity (Wildman–Crippen MR) is 73.8 cm³/mol. The van der Waals surface area contributed by atoms with Gasteiger partial charge in [0.1, 0.15) is 0 Å². The molecule has 1 N–H and O–H groups in total. The maximum atomic E-state index is 4.04. The molecule has 0 aliphatic carbocycles. The summed E-state index contributed by atoms with van der Waals surface area (Å²) in [5.74, 6) is 0. The summed E-state index contributed by atoms with van der Waals surface area (Å²) in [6.07, 6.45) is 11.7. The first-order valence-corrected chi connectivity index (χ1v) is 6.97. The molecule has 2 nitrogen and oxygen atoms in total. The van der Waals surface area contributed by atoms with Gasteiger partial charge in [-0.05, 0) is 28.4 Å². The number of anilines is 1. The molecular weight excluding hydrogens is 264 g/mol. The molecule has 0 fully saturated rings. The van der Waals surface area contributed by atoms with E-state index >= 15 is 0 Å². The summed E-state index contributed by atoms with van der Waals surface area (Å²) in [5, 5.41) is 3.42. The summed E-state index contributed by atoms with van der Waals surface area (Å²) in [5.41, 5.74) is 1.14. The van der Waals surface area contributed by atoms with Crippen molar-refractivity contribution in [3.63, 3.8) is 0 Å². The minimum Gasteiger partial charge on any atom is -0.384 e. The highest BCUT2D eigenvalue weighted by Crippen LogP contribution is 2.19. The van der Waals surface area contributed by atoms with E-state index in [9.17, 15) is 0 Å². The molecule has 0 atom stereocenters. The van der Waals surface area contributed by atoms with Crippen molar-refractivity contribution in [2.24, 2.45) is 0 Å². The van der Waals surface area contributed by atoms with Crippen LogP contribution in [0.3, 0.4) is 0 Å². The van der Waals surface area contributed by atoms with Gasteiger partial charge in [-0.1, -0.05) is 39.0 Å². The Morgan fingerprint density at radius 2 is 1.94 bits per heavy atom. The largest absolute Gasteiger partial charge is 0.384 e. The fourth-order valence-electron chi connectivity index (χ4n) is 1.65. The van der Waals surface area contributed by atoms with Gasteiger partial charge in [-0.15, -0.1) is 0 Å². The predicted octanol–water partition coefficient (Wildman–Crippen LogP) is 4.62. The first kappa shape index (κ1) is 13.5. The molecule has 0 aliphatic heterocycles. The van der Waals surface area contributed by atoms with Gasteiger partial charge in [0.15, 0.2) is 0 Å². The van der Waals surface area contributed by atoms with Crippen LogP contribution in [0, 0.1) is 0 Å². The van der Waals surface area contributed by atoms with Crippen molar-refractivity contribution in [1.82, 2.24) is 4.98 Å². The summed E-state index contributed by atoms with van der Waals surface area (Å²) in [4.78, 5) is 4.04. The highest BCUT2D eigenvalue weighted by atomic mass is 79.9. The van der Waals surface area contributed by atoms with Gasteiger partial charge in [0, 0.05) is 18.9 Å². The van der Waals surface area contributed by atoms with E-state index in [2.05, 4.69) is 33.2 Å². The second-order valence-electron chi connectivity index (χ2n) is 4.05. The van der Waals surface area contributed by atoms with Gasteiger partial charge in [-0.25, -0.2) is 0 Å². The van der Waals surface area contributed by atoms with E-state index in [0.29, 0.717) is 0 Å². The van der Waals surface area contributed by atoms with E-state index in [4.69, 9.17) is 0 Å². The fraction of sp³-hybridized carbons (Fsp3) is 0.615. The highest BCUT2D eigenvalue weighted by Gasteiger charge is 1.97. The third-order valence-corrected chi connectivity index (χ3v) is 3.25.